The average molecular weight is 201 g/mol. The quantitative estimate of drug-likeness (QED) is 0.731. The van der Waals surface area contributed by atoms with E-state index in [0.29, 0.717) is 5.35 Å². The fraction of sp³-hybridized carbons (Fsp3) is 0.0833. The third-order valence-electron chi connectivity index (χ3n) is 2.10. The maximum atomic E-state index is 11.2. The first-order valence-corrected chi connectivity index (χ1v) is 4.61. The van der Waals surface area contributed by atoms with Gasteiger partial charge in [0.1, 0.15) is 5.35 Å². The molecule has 1 N–H and O–H groups in total. The van der Waals surface area contributed by atoms with Crippen LogP contribution < -0.4 is 16.5 Å². The molecule has 0 aliphatic carbocycles. The molecule has 0 fully saturated rings. The molecule has 0 amide bonds. The second-order valence-corrected chi connectivity index (χ2v) is 3.41. The van der Waals surface area contributed by atoms with Crippen LogP contribution in [0.25, 0.3) is 12.7 Å². The Labute approximate surface area is 86.4 Å². The number of aromatic nitrogens is 1. The second-order valence-electron chi connectivity index (χ2n) is 3.41. The Kier molecular flexibility index (Phi) is 2.29. The predicted octanol–water partition coefficient (Wildman–Crippen LogP) is 0.515. The molecule has 3 nitrogen and oxygen atoms in total. The summed E-state index contributed by atoms with van der Waals surface area (Å²) >= 11 is 0. The molecule has 0 saturated carbocycles. The molecule has 1 heterocycles. The highest BCUT2D eigenvalue weighted by molar-refractivity contribution is 5.48. The molecule has 0 radical (unpaired) electrons. The maximum absolute atomic E-state index is 11.2. The molecule has 15 heavy (non-hydrogen) atoms. The van der Waals surface area contributed by atoms with E-state index < -0.39 is 0 Å². The summed E-state index contributed by atoms with van der Waals surface area (Å²) < 4.78 is 4.76. The Morgan fingerprint density at radius 1 is 1.33 bits per heavy atom. The zero-order valence-electron chi connectivity index (χ0n) is 8.41. The number of aromatic amines is 1. The molecule has 0 bridgehead atoms. The Morgan fingerprint density at radius 2 is 2.00 bits per heavy atom. The lowest BCUT2D eigenvalue weighted by Gasteiger charge is -1.92. The van der Waals surface area contributed by atoms with Crippen molar-refractivity contribution in [1.29, 1.82) is 0 Å². The summed E-state index contributed by atoms with van der Waals surface area (Å²) in [5, 5.41) is 0.420. The van der Waals surface area contributed by atoms with Crippen LogP contribution in [0.2, 0.25) is 0 Å². The van der Waals surface area contributed by atoms with Gasteiger partial charge in [-0.1, -0.05) is 29.8 Å². The largest absolute Gasteiger partial charge is 0.405 e. The Balaban J connectivity index is 2.55. The van der Waals surface area contributed by atoms with Crippen molar-refractivity contribution >= 4 is 12.7 Å². The van der Waals surface area contributed by atoms with Gasteiger partial charge in [-0.3, -0.25) is 0 Å². The zero-order chi connectivity index (χ0) is 10.8. The smallest absolute Gasteiger partial charge is 0.361 e. The third-order valence-corrected chi connectivity index (χ3v) is 2.10. The first-order valence-electron chi connectivity index (χ1n) is 4.61. The normalized spacial score (nSPS) is 11.9. The molecule has 0 atom stereocenters. The van der Waals surface area contributed by atoms with Crippen LogP contribution in [0.15, 0.2) is 33.5 Å². The van der Waals surface area contributed by atoms with Crippen molar-refractivity contribution in [2.75, 3.05) is 0 Å². The average Bonchev–Trinajstić information content (AvgIpc) is 2.49. The minimum Gasteiger partial charge on any atom is -0.405 e. The minimum atomic E-state index is -0.388. The molecule has 76 valence electrons. The number of H-pyrrole nitrogens is 1. The van der Waals surface area contributed by atoms with Crippen LogP contribution in [0.5, 0.6) is 0 Å². The highest BCUT2D eigenvalue weighted by Crippen LogP contribution is 2.02. The Morgan fingerprint density at radius 3 is 2.53 bits per heavy atom. The van der Waals surface area contributed by atoms with Crippen LogP contribution in [0, 0.1) is 6.92 Å². The summed E-state index contributed by atoms with van der Waals surface area (Å²) in [4.78, 5) is 14.0. The van der Waals surface area contributed by atoms with Gasteiger partial charge >= 0.3 is 5.63 Å². The highest BCUT2D eigenvalue weighted by atomic mass is 16.4. The molecule has 1 aromatic carbocycles. The summed E-state index contributed by atoms with van der Waals surface area (Å²) in [5.41, 5.74) is 2.03. The molecule has 3 heteroatoms. The number of rotatable bonds is 1. The fourth-order valence-electron chi connectivity index (χ4n) is 1.32. The lowest BCUT2D eigenvalue weighted by molar-refractivity contribution is 0.488. The van der Waals surface area contributed by atoms with Crippen LogP contribution in [0.1, 0.15) is 11.1 Å². The van der Waals surface area contributed by atoms with Gasteiger partial charge in [-0.15, -0.1) is 0 Å². The third kappa shape index (κ3) is 2.07. The van der Waals surface area contributed by atoms with Crippen molar-refractivity contribution in [3.8, 4) is 0 Å². The lowest BCUT2D eigenvalue weighted by Crippen LogP contribution is -2.20. The van der Waals surface area contributed by atoms with Crippen LogP contribution in [0.3, 0.4) is 0 Å². The molecule has 0 spiro atoms. The van der Waals surface area contributed by atoms with Crippen molar-refractivity contribution in [3.63, 3.8) is 0 Å². The fourth-order valence-corrected chi connectivity index (χ4v) is 1.32. The molecule has 0 unspecified atom stereocenters. The van der Waals surface area contributed by atoms with E-state index in [0.717, 1.165) is 5.56 Å². The van der Waals surface area contributed by atoms with Crippen molar-refractivity contribution in [2.24, 2.45) is 0 Å². The molecule has 0 aliphatic rings. The van der Waals surface area contributed by atoms with Gasteiger partial charge in [-0.05, 0) is 25.1 Å². The molecule has 0 saturated heterocycles. The zero-order valence-corrected chi connectivity index (χ0v) is 8.41. The summed E-state index contributed by atoms with van der Waals surface area (Å²) in [6.07, 6.45) is 1.74. The number of benzene rings is 1. The molecule has 2 rings (SSSR count). The van der Waals surface area contributed by atoms with Crippen LogP contribution in [0.4, 0.5) is 0 Å². The highest BCUT2D eigenvalue weighted by Gasteiger charge is 1.94. The number of nitrogens with one attached hydrogen (secondary N) is 1. The summed E-state index contributed by atoms with van der Waals surface area (Å²) in [5.74, 6) is 0. The summed E-state index contributed by atoms with van der Waals surface area (Å²) in [7, 11) is 0. The first-order chi connectivity index (χ1) is 7.15. The van der Waals surface area contributed by atoms with E-state index in [1.54, 1.807) is 6.08 Å². The van der Waals surface area contributed by atoms with Gasteiger partial charge in [-0.25, -0.2) is 4.79 Å². The van der Waals surface area contributed by atoms with Gasteiger partial charge in [0.25, 0.3) is 0 Å². The van der Waals surface area contributed by atoms with Gasteiger partial charge in [-0.2, -0.15) is 0 Å². The van der Waals surface area contributed by atoms with Gasteiger partial charge in [0.15, 0.2) is 5.55 Å². The molecular weight excluding hydrogens is 190 g/mol. The van der Waals surface area contributed by atoms with E-state index in [1.807, 2.05) is 31.2 Å². The SMILES string of the molecule is C=c1[nH]c(=Cc2ccc(C)cc2)c(=O)o1. The van der Waals surface area contributed by atoms with Crippen LogP contribution in [-0.4, -0.2) is 4.98 Å². The van der Waals surface area contributed by atoms with Crippen LogP contribution >= 0.6 is 0 Å². The second kappa shape index (κ2) is 3.61. The number of oxazole rings is 1. The lowest BCUT2D eigenvalue weighted by atomic mass is 10.1. The Bertz CT molecular complexity index is 617. The van der Waals surface area contributed by atoms with E-state index >= 15 is 0 Å². The monoisotopic (exact) mass is 201 g/mol. The van der Waals surface area contributed by atoms with Gasteiger partial charge < -0.3 is 9.40 Å². The molecule has 1 aromatic heterocycles. The minimum absolute atomic E-state index is 0.276. The summed E-state index contributed by atoms with van der Waals surface area (Å²) in [6, 6.07) is 7.86. The van der Waals surface area contributed by atoms with E-state index in [-0.39, 0.29) is 11.2 Å². The van der Waals surface area contributed by atoms with Gasteiger partial charge in [0.05, 0.1) is 0 Å². The van der Waals surface area contributed by atoms with Crippen molar-refractivity contribution in [1.82, 2.24) is 4.98 Å². The molecular formula is C12H11NO2. The van der Waals surface area contributed by atoms with Crippen molar-refractivity contribution in [3.05, 3.63) is 56.7 Å². The van der Waals surface area contributed by atoms with Crippen LogP contribution in [-0.2, 0) is 0 Å². The predicted molar refractivity (Wildman–Crippen MR) is 58.8 cm³/mol. The Hall–Kier alpha value is -2.03. The van der Waals surface area contributed by atoms with Crippen molar-refractivity contribution < 1.29 is 4.42 Å². The molecule has 0 aliphatic heterocycles. The number of aryl methyl sites for hydroxylation is 1. The van der Waals surface area contributed by atoms with E-state index in [2.05, 4.69) is 11.6 Å². The van der Waals surface area contributed by atoms with Gasteiger partial charge in [0.2, 0.25) is 0 Å². The van der Waals surface area contributed by atoms with Crippen molar-refractivity contribution in [2.45, 2.75) is 6.92 Å². The maximum Gasteiger partial charge on any atom is 0.361 e. The first kappa shape index (κ1) is 9.52. The summed E-state index contributed by atoms with van der Waals surface area (Å²) in [6.45, 7) is 5.53. The molecule has 2 aromatic rings. The number of hydrogen-bond donors (Lipinski definition) is 1. The van der Waals surface area contributed by atoms with E-state index in [1.165, 1.54) is 5.56 Å². The van der Waals surface area contributed by atoms with E-state index in [4.69, 9.17) is 4.42 Å². The van der Waals surface area contributed by atoms with Gasteiger partial charge in [0, 0.05) is 0 Å². The van der Waals surface area contributed by atoms with E-state index in [9.17, 15) is 4.79 Å². The topological polar surface area (TPSA) is 46.0 Å². The standard InChI is InChI=1S/C12H11NO2/c1-8-3-5-10(6-4-8)7-11-12(14)15-9(2)13-11/h3-7,13H,2H2,1H3. The number of hydrogen-bond acceptors (Lipinski definition) is 2.